The molecule has 0 unspecified atom stereocenters. The lowest BCUT2D eigenvalue weighted by atomic mass is 10.1. The third kappa shape index (κ3) is 15.9. The summed E-state index contributed by atoms with van der Waals surface area (Å²) >= 11 is 1.45. The Kier molecular flexibility index (Phi) is 16.7. The molecule has 0 aromatic carbocycles. The summed E-state index contributed by atoms with van der Waals surface area (Å²) in [7, 11) is 0. The first-order valence-electron chi connectivity index (χ1n) is 8.71. The first kappa shape index (κ1) is 19.8. The molecule has 0 spiro atoms. The van der Waals surface area contributed by atoms with E-state index in [0.717, 1.165) is 25.1 Å². The summed E-state index contributed by atoms with van der Waals surface area (Å²) in [6, 6.07) is 0. The maximum atomic E-state index is 11.4. The lowest BCUT2D eigenvalue weighted by Crippen LogP contribution is -2.19. The molecule has 20 heavy (non-hydrogen) atoms. The molecular weight excluding hydrogens is 266 g/mol. The largest absolute Gasteiger partial charge is 0.347 e. The molecule has 0 aromatic rings. The zero-order chi connectivity index (χ0) is 14.9. The van der Waals surface area contributed by atoms with Crippen LogP contribution in [-0.4, -0.2) is 17.5 Å². The third-order valence-electron chi connectivity index (χ3n) is 3.53. The van der Waals surface area contributed by atoms with Crippen molar-refractivity contribution in [2.75, 3.05) is 12.3 Å². The standard InChI is InChI=1S/C17H35NOS/c1-3-5-7-8-9-10-11-12-13-14-16-20-17(19)18-15-6-4-2/h3-16H2,1-2H3,(H,18,19). The summed E-state index contributed by atoms with van der Waals surface area (Å²) in [5, 5.41) is 3.10. The fraction of sp³-hybridized carbons (Fsp3) is 0.941. The van der Waals surface area contributed by atoms with Crippen molar-refractivity contribution in [2.45, 2.75) is 90.9 Å². The van der Waals surface area contributed by atoms with Gasteiger partial charge in [0.05, 0.1) is 0 Å². The van der Waals surface area contributed by atoms with Crippen molar-refractivity contribution in [3.63, 3.8) is 0 Å². The highest BCUT2D eigenvalue weighted by atomic mass is 32.2. The molecule has 0 atom stereocenters. The van der Waals surface area contributed by atoms with Crippen molar-refractivity contribution in [3.05, 3.63) is 0 Å². The van der Waals surface area contributed by atoms with Crippen LogP contribution in [0.5, 0.6) is 0 Å². The van der Waals surface area contributed by atoms with Gasteiger partial charge in [-0.2, -0.15) is 0 Å². The molecule has 3 heteroatoms. The van der Waals surface area contributed by atoms with Gasteiger partial charge >= 0.3 is 0 Å². The summed E-state index contributed by atoms with van der Waals surface area (Å²) in [5.74, 6) is 0.981. The quantitative estimate of drug-likeness (QED) is 0.390. The summed E-state index contributed by atoms with van der Waals surface area (Å²) < 4.78 is 0. The molecule has 1 amide bonds. The molecule has 120 valence electrons. The average Bonchev–Trinajstić information content (AvgIpc) is 2.45. The van der Waals surface area contributed by atoms with Crippen molar-refractivity contribution in [1.82, 2.24) is 5.32 Å². The monoisotopic (exact) mass is 301 g/mol. The summed E-state index contributed by atoms with van der Waals surface area (Å²) in [4.78, 5) is 11.4. The zero-order valence-electron chi connectivity index (χ0n) is 13.7. The van der Waals surface area contributed by atoms with Crippen LogP contribution in [0.15, 0.2) is 0 Å². The third-order valence-corrected chi connectivity index (χ3v) is 4.43. The van der Waals surface area contributed by atoms with Crippen molar-refractivity contribution in [2.24, 2.45) is 0 Å². The molecule has 0 aliphatic heterocycles. The van der Waals surface area contributed by atoms with E-state index in [2.05, 4.69) is 19.2 Å². The predicted octanol–water partition coefficient (Wildman–Crippen LogP) is 6.15. The Morgan fingerprint density at radius 1 is 0.750 bits per heavy atom. The first-order chi connectivity index (χ1) is 9.81. The number of amides is 1. The van der Waals surface area contributed by atoms with Gasteiger partial charge in [0.15, 0.2) is 0 Å². The van der Waals surface area contributed by atoms with Crippen LogP contribution in [-0.2, 0) is 0 Å². The lowest BCUT2D eigenvalue weighted by molar-refractivity contribution is 0.260. The van der Waals surface area contributed by atoms with Crippen LogP contribution in [0, 0.1) is 0 Å². The van der Waals surface area contributed by atoms with Gasteiger partial charge in [-0.1, -0.05) is 89.8 Å². The van der Waals surface area contributed by atoms with Gasteiger partial charge in [-0.15, -0.1) is 0 Å². The van der Waals surface area contributed by atoms with Crippen molar-refractivity contribution in [1.29, 1.82) is 0 Å². The van der Waals surface area contributed by atoms with Crippen molar-refractivity contribution < 1.29 is 4.79 Å². The number of rotatable bonds is 14. The van der Waals surface area contributed by atoms with Crippen LogP contribution in [0.2, 0.25) is 0 Å². The topological polar surface area (TPSA) is 29.1 Å². The smallest absolute Gasteiger partial charge is 0.279 e. The van der Waals surface area contributed by atoms with Gasteiger partial charge in [0, 0.05) is 12.3 Å². The van der Waals surface area contributed by atoms with Crippen LogP contribution in [0.1, 0.15) is 90.9 Å². The molecule has 0 aliphatic rings. The van der Waals surface area contributed by atoms with Gasteiger partial charge < -0.3 is 5.32 Å². The van der Waals surface area contributed by atoms with E-state index in [1.165, 1.54) is 76.0 Å². The molecule has 2 nitrogen and oxygen atoms in total. The maximum Gasteiger partial charge on any atom is 0.279 e. The fourth-order valence-corrected chi connectivity index (χ4v) is 2.91. The predicted molar refractivity (Wildman–Crippen MR) is 92.6 cm³/mol. The highest BCUT2D eigenvalue weighted by Gasteiger charge is 2.00. The number of nitrogens with one attached hydrogen (secondary N) is 1. The van der Waals surface area contributed by atoms with Crippen molar-refractivity contribution >= 4 is 17.0 Å². The van der Waals surface area contributed by atoms with E-state index < -0.39 is 0 Å². The fourth-order valence-electron chi connectivity index (χ4n) is 2.17. The molecule has 0 rings (SSSR count). The van der Waals surface area contributed by atoms with Crippen LogP contribution >= 0.6 is 11.8 Å². The number of hydrogen-bond donors (Lipinski definition) is 1. The molecule has 0 aromatic heterocycles. The van der Waals surface area contributed by atoms with Gasteiger partial charge in [0.25, 0.3) is 5.24 Å². The molecule has 0 heterocycles. The van der Waals surface area contributed by atoms with Gasteiger partial charge in [-0.3, -0.25) is 4.79 Å². The van der Waals surface area contributed by atoms with Gasteiger partial charge in [0.2, 0.25) is 0 Å². The number of carbonyl (C=O) groups is 1. The number of thioether (sulfide) groups is 1. The van der Waals surface area contributed by atoms with E-state index in [-0.39, 0.29) is 5.24 Å². The molecule has 0 radical (unpaired) electrons. The van der Waals surface area contributed by atoms with E-state index in [4.69, 9.17) is 0 Å². The molecule has 0 saturated carbocycles. The van der Waals surface area contributed by atoms with E-state index in [1.54, 1.807) is 0 Å². The van der Waals surface area contributed by atoms with Crippen molar-refractivity contribution in [3.8, 4) is 0 Å². The Balaban J connectivity index is 3.07. The van der Waals surface area contributed by atoms with E-state index >= 15 is 0 Å². The van der Waals surface area contributed by atoms with Crippen LogP contribution in [0.4, 0.5) is 4.79 Å². The molecule has 0 saturated heterocycles. The minimum atomic E-state index is 0.161. The highest BCUT2D eigenvalue weighted by Crippen LogP contribution is 2.12. The summed E-state index contributed by atoms with van der Waals surface area (Å²) in [5.41, 5.74) is 0. The number of hydrogen-bond acceptors (Lipinski definition) is 2. The average molecular weight is 302 g/mol. The minimum Gasteiger partial charge on any atom is -0.347 e. The van der Waals surface area contributed by atoms with Crippen LogP contribution in [0.3, 0.4) is 0 Å². The Bertz CT molecular complexity index is 209. The SMILES string of the molecule is CCCCCCCCCCCCSC(=O)NCCCC. The summed E-state index contributed by atoms with van der Waals surface area (Å²) in [6.45, 7) is 5.24. The zero-order valence-corrected chi connectivity index (χ0v) is 14.5. The Labute approximate surface area is 130 Å². The lowest BCUT2D eigenvalue weighted by Gasteiger charge is -2.04. The molecule has 0 bridgehead atoms. The van der Waals surface area contributed by atoms with Crippen LogP contribution < -0.4 is 5.32 Å². The van der Waals surface area contributed by atoms with E-state index in [1.807, 2.05) is 0 Å². The minimum absolute atomic E-state index is 0.161. The number of carbonyl (C=O) groups excluding carboxylic acids is 1. The van der Waals surface area contributed by atoms with E-state index in [9.17, 15) is 4.79 Å². The molecule has 0 fully saturated rings. The molecule has 0 aliphatic carbocycles. The van der Waals surface area contributed by atoms with Gasteiger partial charge in [-0.25, -0.2) is 0 Å². The number of unbranched alkanes of at least 4 members (excludes halogenated alkanes) is 10. The Morgan fingerprint density at radius 2 is 1.25 bits per heavy atom. The maximum absolute atomic E-state index is 11.4. The Morgan fingerprint density at radius 3 is 1.80 bits per heavy atom. The van der Waals surface area contributed by atoms with Gasteiger partial charge in [-0.05, 0) is 12.8 Å². The second-order valence-electron chi connectivity index (χ2n) is 5.60. The molecular formula is C17H35NOS. The Hall–Kier alpha value is -0.180. The first-order valence-corrected chi connectivity index (χ1v) is 9.70. The highest BCUT2D eigenvalue weighted by molar-refractivity contribution is 8.13. The van der Waals surface area contributed by atoms with Gasteiger partial charge in [0.1, 0.15) is 0 Å². The summed E-state index contributed by atoms with van der Waals surface area (Å²) in [6.07, 6.45) is 15.8. The second-order valence-corrected chi connectivity index (χ2v) is 6.67. The second kappa shape index (κ2) is 16.9. The normalized spacial score (nSPS) is 10.7. The van der Waals surface area contributed by atoms with Crippen LogP contribution in [0.25, 0.3) is 0 Å². The molecule has 1 N–H and O–H groups in total. The van der Waals surface area contributed by atoms with E-state index in [0.29, 0.717) is 0 Å².